The summed E-state index contributed by atoms with van der Waals surface area (Å²) < 4.78 is 55.0. The molecular formula is C10H27O9PSi2. The zero-order chi connectivity index (χ0) is 17.3. The molecule has 0 aromatic carbocycles. The van der Waals surface area contributed by atoms with Crippen LogP contribution in [-0.4, -0.2) is 66.9 Å². The Morgan fingerprint density at radius 2 is 1.05 bits per heavy atom. The van der Waals surface area contributed by atoms with Gasteiger partial charge in [0.15, 0.2) is 0 Å². The molecule has 0 N–H and O–H groups in total. The third-order valence-corrected chi connectivity index (χ3v) is 10.7. The van der Waals surface area contributed by atoms with Gasteiger partial charge in [-0.1, -0.05) is 13.3 Å². The highest BCUT2D eigenvalue weighted by molar-refractivity contribution is 7.56. The minimum Gasteiger partial charge on any atom is -0.354 e. The summed E-state index contributed by atoms with van der Waals surface area (Å²) in [5.41, 5.74) is 0. The van der Waals surface area contributed by atoms with Gasteiger partial charge in [-0.05, 0) is 6.42 Å². The fourth-order valence-electron chi connectivity index (χ4n) is 1.53. The Morgan fingerprint density at radius 1 is 0.727 bits per heavy atom. The highest BCUT2D eigenvalue weighted by atomic mass is 31.2. The van der Waals surface area contributed by atoms with Crippen molar-refractivity contribution in [1.82, 2.24) is 0 Å². The van der Waals surface area contributed by atoms with E-state index >= 15 is 0 Å². The van der Waals surface area contributed by atoms with Gasteiger partial charge in [0.05, 0.1) is 0 Å². The Hall–Kier alpha value is 0.344. The summed E-state index contributed by atoms with van der Waals surface area (Å²) in [5, 5.41) is 0. The lowest BCUT2D eigenvalue weighted by molar-refractivity contribution is 0.0269. The predicted molar refractivity (Wildman–Crippen MR) is 83.1 cm³/mol. The molecule has 134 valence electrons. The van der Waals surface area contributed by atoms with E-state index in [2.05, 4.69) is 0 Å². The normalized spacial score (nSPS) is 13.6. The van der Waals surface area contributed by atoms with E-state index in [0.717, 1.165) is 6.42 Å². The van der Waals surface area contributed by atoms with Crippen molar-refractivity contribution in [2.75, 3.05) is 48.8 Å². The third kappa shape index (κ3) is 6.09. The minimum absolute atomic E-state index is 0.124. The van der Waals surface area contributed by atoms with E-state index in [9.17, 15) is 4.57 Å². The van der Waals surface area contributed by atoms with Gasteiger partial charge in [0.2, 0.25) is 0 Å². The van der Waals surface area contributed by atoms with E-state index in [-0.39, 0.29) is 6.16 Å². The summed E-state index contributed by atoms with van der Waals surface area (Å²) in [6.45, 7) is 1.95. The zero-order valence-corrected chi connectivity index (χ0v) is 17.1. The quantitative estimate of drug-likeness (QED) is 0.351. The van der Waals surface area contributed by atoms with Gasteiger partial charge in [0, 0.05) is 48.8 Å². The molecule has 0 atom stereocenters. The third-order valence-electron chi connectivity index (χ3n) is 2.79. The van der Waals surface area contributed by atoms with Crippen LogP contribution >= 0.6 is 7.60 Å². The van der Waals surface area contributed by atoms with Gasteiger partial charge in [-0.25, -0.2) is 0 Å². The SMILES string of the molecule is CCCCP(=O)(O[Si](OC)(OC)OC)O[Si](OC)(OC)OC. The van der Waals surface area contributed by atoms with Crippen molar-refractivity contribution in [1.29, 1.82) is 0 Å². The molecule has 12 heteroatoms. The Kier molecular flexibility index (Phi) is 10.4. The molecule has 9 nitrogen and oxygen atoms in total. The number of hydrogen-bond acceptors (Lipinski definition) is 9. The summed E-state index contributed by atoms with van der Waals surface area (Å²) in [7, 11) is -2.79. The average molecular weight is 378 g/mol. The van der Waals surface area contributed by atoms with E-state index in [1.807, 2.05) is 6.92 Å². The number of unbranched alkanes of at least 4 members (excludes halogenated alkanes) is 1. The molecule has 0 fully saturated rings. The molecule has 0 spiro atoms. The molecule has 0 aliphatic carbocycles. The molecule has 0 aromatic rings. The van der Waals surface area contributed by atoms with Crippen LogP contribution in [0.25, 0.3) is 0 Å². The molecule has 0 heterocycles. The molecule has 22 heavy (non-hydrogen) atoms. The van der Waals surface area contributed by atoms with Crippen LogP contribution in [0, 0.1) is 0 Å². The molecular weight excluding hydrogens is 351 g/mol. The first-order valence-electron chi connectivity index (χ1n) is 6.65. The van der Waals surface area contributed by atoms with Crippen molar-refractivity contribution in [2.45, 2.75) is 19.8 Å². The molecule has 0 saturated carbocycles. The highest BCUT2D eigenvalue weighted by Gasteiger charge is 2.55. The first kappa shape index (κ1) is 22.3. The summed E-state index contributed by atoms with van der Waals surface area (Å²) in [6.07, 6.45) is 1.51. The van der Waals surface area contributed by atoms with Gasteiger partial charge in [-0.2, -0.15) is 0 Å². The van der Waals surface area contributed by atoms with E-state index in [1.165, 1.54) is 42.7 Å². The minimum atomic E-state index is -3.70. The topological polar surface area (TPSA) is 90.9 Å². The fourth-order valence-corrected chi connectivity index (χ4v) is 8.96. The number of rotatable bonds is 13. The first-order valence-corrected chi connectivity index (χ1v) is 11.6. The van der Waals surface area contributed by atoms with Crippen LogP contribution in [0.2, 0.25) is 0 Å². The van der Waals surface area contributed by atoms with Crippen molar-refractivity contribution in [2.24, 2.45) is 0 Å². The van der Waals surface area contributed by atoms with Gasteiger partial charge in [-0.3, -0.25) is 13.0 Å². The van der Waals surface area contributed by atoms with Crippen LogP contribution in [0.4, 0.5) is 0 Å². The van der Waals surface area contributed by atoms with Crippen LogP contribution in [0.5, 0.6) is 0 Å². The monoisotopic (exact) mass is 378 g/mol. The predicted octanol–water partition coefficient (Wildman–Crippen LogP) is 1.76. The van der Waals surface area contributed by atoms with Crippen molar-refractivity contribution >= 4 is 25.7 Å². The Bertz CT molecular complexity index is 307. The highest BCUT2D eigenvalue weighted by Crippen LogP contribution is 2.54. The molecule has 0 unspecified atom stereocenters. The lowest BCUT2D eigenvalue weighted by atomic mass is 10.4. The van der Waals surface area contributed by atoms with Gasteiger partial charge in [0.1, 0.15) is 0 Å². The van der Waals surface area contributed by atoms with Gasteiger partial charge >= 0.3 is 25.7 Å². The van der Waals surface area contributed by atoms with Gasteiger partial charge in [-0.15, -0.1) is 0 Å². The molecule has 0 aromatic heterocycles. The Morgan fingerprint density at radius 3 is 1.27 bits per heavy atom. The van der Waals surface area contributed by atoms with Crippen LogP contribution < -0.4 is 0 Å². The molecule has 0 aliphatic heterocycles. The lowest BCUT2D eigenvalue weighted by Crippen LogP contribution is -2.49. The van der Waals surface area contributed by atoms with E-state index in [1.54, 1.807) is 0 Å². The molecule has 0 amide bonds. The molecule has 0 saturated heterocycles. The molecule has 0 aliphatic rings. The maximum Gasteiger partial charge on any atom is 0.685 e. The summed E-state index contributed by atoms with van der Waals surface area (Å²) >= 11 is 0. The van der Waals surface area contributed by atoms with Gasteiger partial charge in [0.25, 0.3) is 0 Å². The maximum atomic E-state index is 13.1. The van der Waals surface area contributed by atoms with Crippen molar-refractivity contribution < 1.29 is 39.5 Å². The van der Waals surface area contributed by atoms with Crippen molar-refractivity contribution in [3.63, 3.8) is 0 Å². The Labute approximate surface area is 134 Å². The smallest absolute Gasteiger partial charge is 0.354 e. The van der Waals surface area contributed by atoms with E-state index in [4.69, 9.17) is 35.0 Å². The molecule has 0 bridgehead atoms. The second kappa shape index (κ2) is 10.3. The summed E-state index contributed by atoms with van der Waals surface area (Å²) in [4.78, 5) is 0. The molecule has 0 rings (SSSR count). The van der Waals surface area contributed by atoms with E-state index < -0.39 is 25.7 Å². The Balaban J connectivity index is 5.43. The second-order valence-corrected chi connectivity index (χ2v) is 11.7. The van der Waals surface area contributed by atoms with Crippen LogP contribution in [0.1, 0.15) is 19.8 Å². The average Bonchev–Trinajstić information content (AvgIpc) is 2.56. The largest absolute Gasteiger partial charge is 0.685 e. The van der Waals surface area contributed by atoms with Crippen LogP contribution in [0.3, 0.4) is 0 Å². The van der Waals surface area contributed by atoms with Crippen molar-refractivity contribution in [3.05, 3.63) is 0 Å². The summed E-state index contributed by atoms with van der Waals surface area (Å²) in [5.74, 6) is 0. The zero-order valence-electron chi connectivity index (χ0n) is 14.2. The van der Waals surface area contributed by atoms with Gasteiger partial charge < -0.3 is 26.6 Å². The van der Waals surface area contributed by atoms with Crippen molar-refractivity contribution in [3.8, 4) is 0 Å². The summed E-state index contributed by atoms with van der Waals surface area (Å²) in [6, 6.07) is 0. The number of hydrogen-bond donors (Lipinski definition) is 0. The second-order valence-electron chi connectivity index (χ2n) is 4.10. The van der Waals surface area contributed by atoms with Crippen LogP contribution in [-0.2, 0) is 39.5 Å². The van der Waals surface area contributed by atoms with E-state index in [0.29, 0.717) is 6.42 Å². The first-order chi connectivity index (χ1) is 10.3. The fraction of sp³-hybridized carbons (Fsp3) is 1.00. The maximum absolute atomic E-state index is 13.1. The standard InChI is InChI=1S/C10H27O9PSi2/c1-8-9-10-20(11,18-21(12-2,13-3)14-4)19-22(15-5,16-6)17-7/h8-10H2,1-7H3. The molecule has 0 radical (unpaired) electrons. The van der Waals surface area contributed by atoms with Crippen LogP contribution in [0.15, 0.2) is 0 Å². The lowest BCUT2D eigenvalue weighted by Gasteiger charge is -2.32.